The van der Waals surface area contributed by atoms with E-state index in [4.69, 9.17) is 19.4 Å². The molecule has 270 valence electrons. The Morgan fingerprint density at radius 2 is 0.966 bits per heavy atom. The van der Waals surface area contributed by atoms with E-state index in [1.54, 1.807) is 0 Å². The molecule has 0 spiro atoms. The number of rotatable bonds is 4. The summed E-state index contributed by atoms with van der Waals surface area (Å²) in [5, 5.41) is 9.50. The Balaban J connectivity index is 1.14. The van der Waals surface area contributed by atoms with Gasteiger partial charge in [0.25, 0.3) is 0 Å². The van der Waals surface area contributed by atoms with Gasteiger partial charge in [-0.25, -0.2) is 15.0 Å². The third kappa shape index (κ3) is 4.23. The molecule has 58 heavy (non-hydrogen) atoms. The van der Waals surface area contributed by atoms with Gasteiger partial charge in [0.15, 0.2) is 17.5 Å². The maximum atomic E-state index is 6.94. The fraction of sp³-hybridized carbons (Fsp3) is 0.0192. The molecule has 8 aromatic carbocycles. The number of fused-ring (bicyclic) bond motifs is 12. The molecule has 13 rings (SSSR count). The summed E-state index contributed by atoms with van der Waals surface area (Å²) in [6.07, 6.45) is 0. The van der Waals surface area contributed by atoms with Crippen LogP contribution >= 0.6 is 0 Å². The average Bonchev–Trinajstić information content (AvgIpc) is 4.02. The molecule has 0 N–H and O–H groups in total. The lowest BCUT2D eigenvalue weighted by Gasteiger charge is -2.15. The standard InChI is InChI=1S/C52H31N5O/c1-30-27-44(56-40-24-11-9-20-34(40)38-28-43-39(29-42(38)56)36-23-14-22-35-33-19-8-12-25-41(33)57(43)48(35)36)47-37-21-10-13-26-45(37)58-49(47)46(30)52-54-50(31-15-4-2-5-16-31)53-51(55-52)32-17-6-3-7-18-32/h2-29H,1H3. The molecule has 0 bridgehead atoms. The Labute approximate surface area is 331 Å². The lowest BCUT2D eigenvalue weighted by molar-refractivity contribution is 0.669. The first-order valence-corrected chi connectivity index (χ1v) is 19.6. The van der Waals surface area contributed by atoms with Crippen molar-refractivity contribution in [1.82, 2.24) is 23.9 Å². The zero-order valence-corrected chi connectivity index (χ0v) is 31.3. The van der Waals surface area contributed by atoms with Crippen LogP contribution < -0.4 is 0 Å². The van der Waals surface area contributed by atoms with Gasteiger partial charge >= 0.3 is 0 Å². The fourth-order valence-electron chi connectivity index (χ4n) is 9.53. The molecule has 0 aliphatic rings. The largest absolute Gasteiger partial charge is 0.455 e. The number of aromatic nitrogens is 5. The minimum atomic E-state index is 0.572. The predicted octanol–water partition coefficient (Wildman–Crippen LogP) is 13.3. The van der Waals surface area contributed by atoms with Crippen molar-refractivity contribution in [2.75, 3.05) is 0 Å². The molecule has 6 nitrogen and oxygen atoms in total. The molecular weight excluding hydrogens is 711 g/mol. The molecule has 0 atom stereocenters. The molecule has 0 aliphatic carbocycles. The molecule has 0 aliphatic heterocycles. The second-order valence-electron chi connectivity index (χ2n) is 15.2. The van der Waals surface area contributed by atoms with Gasteiger partial charge in [-0.2, -0.15) is 0 Å². The summed E-state index contributed by atoms with van der Waals surface area (Å²) in [5.74, 6) is 1.80. The van der Waals surface area contributed by atoms with Gasteiger partial charge in [-0.15, -0.1) is 0 Å². The topological polar surface area (TPSA) is 61.2 Å². The summed E-state index contributed by atoms with van der Waals surface area (Å²) in [4.78, 5) is 15.3. The third-order valence-electron chi connectivity index (χ3n) is 12.0. The van der Waals surface area contributed by atoms with Crippen molar-refractivity contribution in [2.24, 2.45) is 0 Å². The van der Waals surface area contributed by atoms with Crippen LogP contribution in [0.15, 0.2) is 174 Å². The average molecular weight is 742 g/mol. The maximum absolute atomic E-state index is 6.94. The Bertz CT molecular complexity index is 3740. The van der Waals surface area contributed by atoms with Crippen LogP contribution in [0.5, 0.6) is 0 Å². The van der Waals surface area contributed by atoms with Crippen LogP contribution in [0.1, 0.15) is 5.56 Å². The Kier molecular flexibility index (Phi) is 6.28. The summed E-state index contributed by atoms with van der Waals surface area (Å²) in [6, 6.07) is 59.9. The Morgan fingerprint density at radius 1 is 0.431 bits per heavy atom. The van der Waals surface area contributed by atoms with Crippen molar-refractivity contribution in [3.05, 3.63) is 175 Å². The summed E-state index contributed by atoms with van der Waals surface area (Å²) in [7, 11) is 0. The summed E-state index contributed by atoms with van der Waals surface area (Å²) >= 11 is 0. The maximum Gasteiger partial charge on any atom is 0.168 e. The highest BCUT2D eigenvalue weighted by molar-refractivity contribution is 6.26. The van der Waals surface area contributed by atoms with E-state index in [9.17, 15) is 0 Å². The summed E-state index contributed by atoms with van der Waals surface area (Å²) in [6.45, 7) is 2.14. The van der Waals surface area contributed by atoms with Crippen LogP contribution in [0.3, 0.4) is 0 Å². The van der Waals surface area contributed by atoms with E-state index in [-0.39, 0.29) is 0 Å². The minimum absolute atomic E-state index is 0.572. The van der Waals surface area contributed by atoms with Gasteiger partial charge in [0.2, 0.25) is 0 Å². The zero-order valence-electron chi connectivity index (χ0n) is 31.3. The number of hydrogen-bond donors (Lipinski definition) is 0. The summed E-state index contributed by atoms with van der Waals surface area (Å²) in [5.41, 5.74) is 12.3. The van der Waals surface area contributed by atoms with Crippen molar-refractivity contribution >= 4 is 81.8 Å². The van der Waals surface area contributed by atoms with E-state index in [1.807, 2.05) is 66.7 Å². The molecule has 0 fully saturated rings. The van der Waals surface area contributed by atoms with E-state index in [1.165, 1.54) is 48.9 Å². The molecule has 0 amide bonds. The second kappa shape index (κ2) is 11.6. The van der Waals surface area contributed by atoms with E-state index < -0.39 is 0 Å². The molecule has 0 saturated carbocycles. The number of benzene rings is 8. The first-order chi connectivity index (χ1) is 28.7. The molecule has 6 heteroatoms. The Morgan fingerprint density at radius 3 is 1.69 bits per heavy atom. The van der Waals surface area contributed by atoms with Crippen LogP contribution in [0, 0.1) is 6.92 Å². The van der Waals surface area contributed by atoms with E-state index in [2.05, 4.69) is 119 Å². The van der Waals surface area contributed by atoms with Gasteiger partial charge in [0.05, 0.1) is 44.2 Å². The normalized spacial score (nSPS) is 12.2. The van der Waals surface area contributed by atoms with Crippen LogP contribution in [0.25, 0.3) is 122 Å². The van der Waals surface area contributed by atoms with Crippen LogP contribution in [-0.2, 0) is 0 Å². The number of aryl methyl sites for hydroxylation is 1. The van der Waals surface area contributed by atoms with Gasteiger partial charge in [-0.1, -0.05) is 133 Å². The molecule has 5 aromatic heterocycles. The monoisotopic (exact) mass is 741 g/mol. The van der Waals surface area contributed by atoms with Crippen molar-refractivity contribution in [1.29, 1.82) is 0 Å². The van der Waals surface area contributed by atoms with Gasteiger partial charge in [-0.05, 0) is 48.9 Å². The SMILES string of the molecule is Cc1cc(-n2c3ccccc3c3cc4c(cc32)c2cccc3c5ccccc5n4c32)c2c(oc3ccccc32)c1-c1nc(-c2ccccc2)nc(-c2ccccc2)n1. The zero-order chi connectivity index (χ0) is 38.1. The van der Waals surface area contributed by atoms with E-state index in [0.717, 1.165) is 60.9 Å². The van der Waals surface area contributed by atoms with Gasteiger partial charge < -0.3 is 13.4 Å². The minimum Gasteiger partial charge on any atom is -0.455 e. The van der Waals surface area contributed by atoms with Gasteiger partial charge in [0.1, 0.15) is 11.2 Å². The smallest absolute Gasteiger partial charge is 0.168 e. The lowest BCUT2D eigenvalue weighted by Crippen LogP contribution is -2.03. The highest BCUT2D eigenvalue weighted by Gasteiger charge is 2.26. The molecule has 13 aromatic rings. The predicted molar refractivity (Wildman–Crippen MR) is 237 cm³/mol. The van der Waals surface area contributed by atoms with Crippen LogP contribution in [-0.4, -0.2) is 23.9 Å². The number of hydrogen-bond acceptors (Lipinski definition) is 4. The first kappa shape index (κ1) is 31.4. The van der Waals surface area contributed by atoms with Crippen LogP contribution in [0.4, 0.5) is 0 Å². The first-order valence-electron chi connectivity index (χ1n) is 19.6. The number of furan rings is 1. The highest BCUT2D eigenvalue weighted by Crippen LogP contribution is 2.46. The molecule has 5 heterocycles. The molecule has 0 saturated heterocycles. The molecule has 0 unspecified atom stereocenters. The molecule has 0 radical (unpaired) electrons. The second-order valence-corrected chi connectivity index (χ2v) is 15.2. The Hall–Kier alpha value is -7.83. The quantitative estimate of drug-likeness (QED) is 0.180. The van der Waals surface area contributed by atoms with Crippen LogP contribution in [0.2, 0.25) is 0 Å². The van der Waals surface area contributed by atoms with E-state index in [0.29, 0.717) is 17.5 Å². The van der Waals surface area contributed by atoms with Gasteiger partial charge in [-0.3, -0.25) is 0 Å². The van der Waals surface area contributed by atoms with Gasteiger partial charge in [0, 0.05) is 48.8 Å². The number of para-hydroxylation sites is 4. The van der Waals surface area contributed by atoms with Crippen molar-refractivity contribution in [3.63, 3.8) is 0 Å². The highest BCUT2D eigenvalue weighted by atomic mass is 16.3. The van der Waals surface area contributed by atoms with Crippen molar-refractivity contribution < 1.29 is 4.42 Å². The summed E-state index contributed by atoms with van der Waals surface area (Å²) < 4.78 is 11.8. The van der Waals surface area contributed by atoms with E-state index >= 15 is 0 Å². The molecular formula is C52H31N5O. The lowest BCUT2D eigenvalue weighted by atomic mass is 10.0. The fourth-order valence-corrected chi connectivity index (χ4v) is 9.53. The number of nitrogens with zero attached hydrogens (tertiary/aromatic N) is 5. The van der Waals surface area contributed by atoms with Crippen molar-refractivity contribution in [2.45, 2.75) is 6.92 Å². The third-order valence-corrected chi connectivity index (χ3v) is 12.0. The van der Waals surface area contributed by atoms with Crippen molar-refractivity contribution in [3.8, 4) is 39.9 Å².